The largest absolute Gasteiger partial charge is 0.381 e. The van der Waals surface area contributed by atoms with E-state index in [0.29, 0.717) is 32.0 Å². The molecule has 2 N–H and O–H groups in total. The van der Waals surface area contributed by atoms with Gasteiger partial charge in [0, 0.05) is 31.7 Å². The fraction of sp³-hybridized carbons (Fsp3) is 0.611. The first kappa shape index (κ1) is 15.5. The van der Waals surface area contributed by atoms with Crippen LogP contribution in [0.2, 0.25) is 0 Å². The highest BCUT2D eigenvalue weighted by molar-refractivity contribution is 5.87. The monoisotopic (exact) mass is 302 g/mol. The van der Waals surface area contributed by atoms with Crippen molar-refractivity contribution in [3.63, 3.8) is 0 Å². The van der Waals surface area contributed by atoms with Gasteiger partial charge < -0.3 is 15.4 Å². The summed E-state index contributed by atoms with van der Waals surface area (Å²) in [7, 11) is 0. The number of carbonyl (C=O) groups excluding carboxylic acids is 1. The van der Waals surface area contributed by atoms with Crippen LogP contribution < -0.4 is 5.73 Å². The molecule has 2 atom stereocenters. The lowest BCUT2D eigenvalue weighted by Gasteiger charge is -2.36. The van der Waals surface area contributed by atoms with Crippen molar-refractivity contribution in [3.8, 4) is 0 Å². The molecule has 120 valence electrons. The molecule has 2 aliphatic rings. The van der Waals surface area contributed by atoms with Gasteiger partial charge in [0.25, 0.3) is 0 Å². The zero-order chi connectivity index (χ0) is 15.7. The van der Waals surface area contributed by atoms with Crippen molar-refractivity contribution in [1.82, 2.24) is 4.90 Å². The second-order valence-corrected chi connectivity index (χ2v) is 6.86. The number of carbonyl (C=O) groups is 1. The Morgan fingerprint density at radius 3 is 2.68 bits per heavy atom. The molecule has 0 bridgehead atoms. The number of nitrogens with two attached hydrogens (primary N) is 1. The van der Waals surface area contributed by atoms with Gasteiger partial charge >= 0.3 is 0 Å². The van der Waals surface area contributed by atoms with Gasteiger partial charge in [-0.1, -0.05) is 24.3 Å². The smallest absolute Gasteiger partial charge is 0.243 e. The van der Waals surface area contributed by atoms with E-state index in [2.05, 4.69) is 38.1 Å². The van der Waals surface area contributed by atoms with Gasteiger partial charge in [-0.25, -0.2) is 0 Å². The van der Waals surface area contributed by atoms with Crippen LogP contribution in [0, 0.1) is 6.92 Å². The van der Waals surface area contributed by atoms with Crippen LogP contribution in [0.3, 0.4) is 0 Å². The van der Waals surface area contributed by atoms with Gasteiger partial charge in [0.15, 0.2) is 0 Å². The first-order valence-electron chi connectivity index (χ1n) is 8.24. The van der Waals surface area contributed by atoms with Crippen LogP contribution >= 0.6 is 0 Å². The van der Waals surface area contributed by atoms with Gasteiger partial charge in [0.2, 0.25) is 5.91 Å². The van der Waals surface area contributed by atoms with Crippen molar-refractivity contribution >= 4 is 5.91 Å². The Bertz CT molecular complexity index is 552. The average molecular weight is 302 g/mol. The highest BCUT2D eigenvalue weighted by atomic mass is 16.5. The molecular formula is C18H26N2O2. The molecule has 22 heavy (non-hydrogen) atoms. The molecule has 0 radical (unpaired) electrons. The number of likely N-dealkylation sites (tertiary alicyclic amines) is 1. The van der Waals surface area contributed by atoms with Gasteiger partial charge in [-0.15, -0.1) is 0 Å². The number of rotatable bonds is 2. The molecule has 2 aliphatic heterocycles. The van der Waals surface area contributed by atoms with Crippen LogP contribution in [0.5, 0.6) is 0 Å². The van der Waals surface area contributed by atoms with E-state index in [9.17, 15) is 4.79 Å². The Morgan fingerprint density at radius 1 is 1.32 bits per heavy atom. The fourth-order valence-corrected chi connectivity index (χ4v) is 3.82. The molecular weight excluding hydrogens is 276 g/mol. The number of aryl methyl sites for hydroxylation is 1. The Morgan fingerprint density at radius 2 is 2.00 bits per heavy atom. The minimum Gasteiger partial charge on any atom is -0.381 e. The SMILES string of the molecule is Cc1ccccc1C1CC(C)N(C(=O)C2(N)CCOCC2)C1. The third kappa shape index (κ3) is 2.77. The van der Waals surface area contributed by atoms with Crippen molar-refractivity contribution in [3.05, 3.63) is 35.4 Å². The van der Waals surface area contributed by atoms with E-state index < -0.39 is 5.54 Å². The topological polar surface area (TPSA) is 55.6 Å². The molecule has 1 aromatic rings. The van der Waals surface area contributed by atoms with Crippen molar-refractivity contribution in [2.24, 2.45) is 5.73 Å². The Labute approximate surface area is 132 Å². The zero-order valence-electron chi connectivity index (χ0n) is 13.5. The lowest BCUT2D eigenvalue weighted by Crippen LogP contribution is -2.58. The Hall–Kier alpha value is -1.39. The van der Waals surface area contributed by atoms with E-state index in [4.69, 9.17) is 10.5 Å². The second-order valence-electron chi connectivity index (χ2n) is 6.86. The summed E-state index contributed by atoms with van der Waals surface area (Å²) in [4.78, 5) is 14.9. The highest BCUT2D eigenvalue weighted by Gasteiger charge is 2.43. The lowest BCUT2D eigenvalue weighted by atomic mass is 9.89. The van der Waals surface area contributed by atoms with E-state index in [1.807, 2.05) is 4.90 Å². The Balaban J connectivity index is 1.76. The summed E-state index contributed by atoms with van der Waals surface area (Å²) < 4.78 is 5.36. The van der Waals surface area contributed by atoms with Crippen molar-refractivity contribution in [1.29, 1.82) is 0 Å². The molecule has 1 amide bonds. The minimum atomic E-state index is -0.729. The summed E-state index contributed by atoms with van der Waals surface area (Å²) >= 11 is 0. The van der Waals surface area contributed by atoms with Gasteiger partial charge in [-0.3, -0.25) is 4.79 Å². The number of ether oxygens (including phenoxy) is 1. The predicted octanol–water partition coefficient (Wildman–Crippen LogP) is 2.21. The molecule has 3 rings (SSSR count). The minimum absolute atomic E-state index is 0.111. The van der Waals surface area contributed by atoms with Crippen molar-refractivity contribution in [2.45, 2.75) is 50.6 Å². The molecule has 0 aliphatic carbocycles. The van der Waals surface area contributed by atoms with Crippen LogP contribution in [0.1, 0.15) is 43.2 Å². The zero-order valence-corrected chi connectivity index (χ0v) is 13.5. The molecule has 2 heterocycles. The molecule has 1 aromatic carbocycles. The molecule has 2 saturated heterocycles. The highest BCUT2D eigenvalue weighted by Crippen LogP contribution is 2.35. The van der Waals surface area contributed by atoms with Crippen LogP contribution in [0.15, 0.2) is 24.3 Å². The number of amides is 1. The van der Waals surface area contributed by atoms with Gasteiger partial charge in [0.05, 0.1) is 5.54 Å². The van der Waals surface area contributed by atoms with Crippen LogP contribution in [0.4, 0.5) is 0 Å². The van der Waals surface area contributed by atoms with Gasteiger partial charge in [-0.2, -0.15) is 0 Å². The lowest BCUT2D eigenvalue weighted by molar-refractivity contribution is -0.141. The third-order valence-electron chi connectivity index (χ3n) is 5.27. The number of nitrogens with zero attached hydrogens (tertiary/aromatic N) is 1. The maximum absolute atomic E-state index is 12.9. The second kappa shape index (κ2) is 6.01. The Kier molecular flexibility index (Phi) is 4.24. The number of hydrogen-bond donors (Lipinski definition) is 1. The predicted molar refractivity (Wildman–Crippen MR) is 86.7 cm³/mol. The number of hydrogen-bond acceptors (Lipinski definition) is 3. The molecule has 2 fully saturated rings. The summed E-state index contributed by atoms with van der Waals surface area (Å²) in [6.45, 7) is 6.24. The summed E-state index contributed by atoms with van der Waals surface area (Å²) in [5, 5.41) is 0. The normalized spacial score (nSPS) is 27.9. The van der Waals surface area contributed by atoms with E-state index in [0.717, 1.165) is 13.0 Å². The molecule has 0 aromatic heterocycles. The molecule has 4 heteroatoms. The van der Waals surface area contributed by atoms with E-state index in [1.54, 1.807) is 0 Å². The fourth-order valence-electron chi connectivity index (χ4n) is 3.82. The summed E-state index contributed by atoms with van der Waals surface area (Å²) in [5.41, 5.74) is 8.33. The first-order valence-corrected chi connectivity index (χ1v) is 8.24. The first-order chi connectivity index (χ1) is 10.5. The summed E-state index contributed by atoms with van der Waals surface area (Å²) in [6.07, 6.45) is 2.28. The molecule has 0 saturated carbocycles. The average Bonchev–Trinajstić information content (AvgIpc) is 2.89. The maximum Gasteiger partial charge on any atom is 0.243 e. The summed E-state index contributed by atoms with van der Waals surface area (Å²) in [5.74, 6) is 0.531. The molecule has 4 nitrogen and oxygen atoms in total. The maximum atomic E-state index is 12.9. The van der Waals surface area contributed by atoms with Gasteiger partial charge in [0.1, 0.15) is 0 Å². The number of benzene rings is 1. The molecule has 0 spiro atoms. The third-order valence-corrected chi connectivity index (χ3v) is 5.27. The summed E-state index contributed by atoms with van der Waals surface area (Å²) in [6, 6.07) is 8.73. The molecule has 2 unspecified atom stereocenters. The van der Waals surface area contributed by atoms with Crippen LogP contribution in [0.25, 0.3) is 0 Å². The van der Waals surface area contributed by atoms with E-state index in [1.165, 1.54) is 11.1 Å². The van der Waals surface area contributed by atoms with Gasteiger partial charge in [-0.05, 0) is 44.2 Å². The quantitative estimate of drug-likeness (QED) is 0.911. The van der Waals surface area contributed by atoms with Crippen LogP contribution in [-0.4, -0.2) is 42.1 Å². The van der Waals surface area contributed by atoms with Crippen molar-refractivity contribution < 1.29 is 9.53 Å². The standard InChI is InChI=1S/C18H26N2O2/c1-13-5-3-4-6-16(13)15-11-14(2)20(12-15)17(21)18(19)7-9-22-10-8-18/h3-6,14-15H,7-12,19H2,1-2H3. The van der Waals surface area contributed by atoms with E-state index in [-0.39, 0.29) is 11.9 Å². The van der Waals surface area contributed by atoms with Crippen LogP contribution in [-0.2, 0) is 9.53 Å². The van der Waals surface area contributed by atoms with E-state index >= 15 is 0 Å². The van der Waals surface area contributed by atoms with Crippen molar-refractivity contribution in [2.75, 3.05) is 19.8 Å².